The summed E-state index contributed by atoms with van der Waals surface area (Å²) in [5.41, 5.74) is 0.755. The highest BCUT2D eigenvalue weighted by Gasteiger charge is 2.24. The average molecular weight is 470 g/mol. The molecular weight excluding hydrogens is 437 g/mol. The molecule has 0 spiro atoms. The first kappa shape index (κ1) is 25.4. The van der Waals surface area contributed by atoms with Crippen LogP contribution >= 0.6 is 0 Å². The van der Waals surface area contributed by atoms with E-state index < -0.39 is 17.2 Å². The van der Waals surface area contributed by atoms with Crippen molar-refractivity contribution in [3.05, 3.63) is 81.5 Å². The van der Waals surface area contributed by atoms with Crippen molar-refractivity contribution in [2.75, 3.05) is 26.2 Å². The third kappa shape index (κ3) is 6.63. The van der Waals surface area contributed by atoms with Gasteiger partial charge in [0.25, 0.3) is 11.8 Å². The Morgan fingerprint density at radius 3 is 2.71 bits per heavy atom. The lowest BCUT2D eigenvalue weighted by Crippen LogP contribution is -2.39. The van der Waals surface area contributed by atoms with Crippen LogP contribution < -0.4 is 10.7 Å². The third-order valence-corrected chi connectivity index (χ3v) is 5.71. The molecule has 8 heteroatoms. The van der Waals surface area contributed by atoms with Crippen molar-refractivity contribution >= 4 is 11.8 Å². The van der Waals surface area contributed by atoms with Crippen LogP contribution in [-0.4, -0.2) is 53.6 Å². The molecule has 0 saturated carbocycles. The zero-order chi connectivity index (χ0) is 24.7. The van der Waals surface area contributed by atoms with Crippen molar-refractivity contribution in [1.82, 2.24) is 14.8 Å². The molecule has 7 nitrogen and oxygen atoms in total. The molecule has 2 aromatic rings. The van der Waals surface area contributed by atoms with Gasteiger partial charge in [0.1, 0.15) is 16.9 Å². The Balaban J connectivity index is 1.85. The number of rotatable bonds is 10. The van der Waals surface area contributed by atoms with Gasteiger partial charge in [-0.25, -0.2) is 4.39 Å². The van der Waals surface area contributed by atoms with Crippen molar-refractivity contribution in [3.63, 3.8) is 0 Å². The fraction of sp³-hybridized carbons (Fsp3) is 0.423. The van der Waals surface area contributed by atoms with Crippen molar-refractivity contribution in [1.29, 1.82) is 0 Å². The molecule has 1 aromatic carbocycles. The van der Waals surface area contributed by atoms with Gasteiger partial charge in [-0.05, 0) is 50.8 Å². The van der Waals surface area contributed by atoms with Gasteiger partial charge >= 0.3 is 0 Å². The Morgan fingerprint density at radius 1 is 1.29 bits per heavy atom. The van der Waals surface area contributed by atoms with Gasteiger partial charge in [-0.2, -0.15) is 0 Å². The van der Waals surface area contributed by atoms with Crippen molar-refractivity contribution in [3.8, 4) is 0 Å². The van der Waals surface area contributed by atoms with Crippen LogP contribution in [0.5, 0.6) is 0 Å². The molecule has 3 rings (SSSR count). The van der Waals surface area contributed by atoms with E-state index in [4.69, 9.17) is 4.74 Å². The monoisotopic (exact) mass is 469 g/mol. The summed E-state index contributed by atoms with van der Waals surface area (Å²) in [6.45, 7) is 9.56. The van der Waals surface area contributed by atoms with Gasteiger partial charge in [0.2, 0.25) is 5.43 Å². The number of amides is 2. The Morgan fingerprint density at radius 2 is 2.06 bits per heavy atom. The summed E-state index contributed by atoms with van der Waals surface area (Å²) in [6, 6.07) is 6.13. The summed E-state index contributed by atoms with van der Waals surface area (Å²) in [4.78, 5) is 40.9. The molecule has 0 bridgehead atoms. The zero-order valence-electron chi connectivity index (χ0n) is 19.8. The molecule has 0 aliphatic carbocycles. The Bertz CT molecular complexity index is 1110. The standard InChI is InChI=1S/C26H32FN3O4/c1-4-30(14-18(2)3)26(33)23-17-29(15-21-9-6-12-34-21)16-22(24(23)31)25(32)28-11-10-19-7-5-8-20(27)13-19/h5,7-8,13,16-17,21H,2,4,6,9-12,14-15H2,1,3H3,(H,28,32). The van der Waals surface area contributed by atoms with E-state index in [1.165, 1.54) is 29.4 Å². The molecule has 1 aliphatic rings. The largest absolute Gasteiger partial charge is 0.376 e. The quantitative estimate of drug-likeness (QED) is 0.542. The molecule has 1 saturated heterocycles. The number of pyridine rings is 1. The first-order valence-electron chi connectivity index (χ1n) is 11.6. The minimum atomic E-state index is -0.614. The number of carbonyl (C=O) groups excluding carboxylic acids is 2. The lowest BCUT2D eigenvalue weighted by Gasteiger charge is -2.22. The van der Waals surface area contributed by atoms with E-state index in [0.29, 0.717) is 32.7 Å². The summed E-state index contributed by atoms with van der Waals surface area (Å²) < 4.78 is 20.8. The van der Waals surface area contributed by atoms with Crippen LogP contribution in [0.1, 0.15) is 53.0 Å². The second-order valence-electron chi connectivity index (χ2n) is 8.66. The maximum absolute atomic E-state index is 13.4. The van der Waals surface area contributed by atoms with E-state index in [2.05, 4.69) is 11.9 Å². The number of hydrogen-bond donors (Lipinski definition) is 1. The van der Waals surface area contributed by atoms with E-state index in [0.717, 1.165) is 24.0 Å². The maximum atomic E-state index is 13.4. The summed E-state index contributed by atoms with van der Waals surface area (Å²) in [5, 5.41) is 2.73. The van der Waals surface area contributed by atoms with Crippen LogP contribution in [0.4, 0.5) is 4.39 Å². The van der Waals surface area contributed by atoms with Crippen LogP contribution in [-0.2, 0) is 17.7 Å². The van der Waals surface area contributed by atoms with Crippen LogP contribution in [0.3, 0.4) is 0 Å². The highest BCUT2D eigenvalue weighted by molar-refractivity contribution is 5.99. The van der Waals surface area contributed by atoms with E-state index >= 15 is 0 Å². The highest BCUT2D eigenvalue weighted by atomic mass is 19.1. The molecule has 1 aromatic heterocycles. The number of benzene rings is 1. The predicted molar refractivity (Wildman–Crippen MR) is 129 cm³/mol. The van der Waals surface area contributed by atoms with Gasteiger partial charge in [0.05, 0.1) is 6.10 Å². The SMILES string of the molecule is C=C(C)CN(CC)C(=O)c1cn(CC2CCCO2)cc(C(=O)NCCc2cccc(F)c2)c1=O. The molecule has 1 unspecified atom stereocenters. The Labute approximate surface area is 199 Å². The Kier molecular flexibility index (Phi) is 8.76. The van der Waals surface area contributed by atoms with Crippen molar-refractivity contribution < 1.29 is 18.7 Å². The van der Waals surface area contributed by atoms with Gasteiger partial charge < -0.3 is 19.5 Å². The maximum Gasteiger partial charge on any atom is 0.259 e. The van der Waals surface area contributed by atoms with Gasteiger partial charge in [-0.15, -0.1) is 0 Å². The van der Waals surface area contributed by atoms with E-state index in [1.54, 1.807) is 16.7 Å². The van der Waals surface area contributed by atoms with Crippen molar-refractivity contribution in [2.45, 2.75) is 45.8 Å². The Hall–Kier alpha value is -3.26. The first-order valence-corrected chi connectivity index (χ1v) is 11.6. The third-order valence-electron chi connectivity index (χ3n) is 5.71. The summed E-state index contributed by atoms with van der Waals surface area (Å²) >= 11 is 0. The lowest BCUT2D eigenvalue weighted by atomic mass is 10.1. The van der Waals surface area contributed by atoms with E-state index in [-0.39, 0.29) is 29.6 Å². The molecule has 182 valence electrons. The summed E-state index contributed by atoms with van der Waals surface area (Å²) in [6.07, 6.45) is 5.19. The van der Waals surface area contributed by atoms with Crippen LogP contribution in [0.25, 0.3) is 0 Å². The van der Waals surface area contributed by atoms with E-state index in [9.17, 15) is 18.8 Å². The summed E-state index contributed by atoms with van der Waals surface area (Å²) in [7, 11) is 0. The number of ether oxygens (including phenoxy) is 1. The fourth-order valence-corrected chi connectivity index (χ4v) is 4.01. The highest BCUT2D eigenvalue weighted by Crippen LogP contribution is 2.15. The minimum Gasteiger partial charge on any atom is -0.376 e. The average Bonchev–Trinajstić information content (AvgIpc) is 3.31. The lowest BCUT2D eigenvalue weighted by molar-refractivity contribution is 0.0773. The van der Waals surface area contributed by atoms with Crippen molar-refractivity contribution in [2.24, 2.45) is 0 Å². The topological polar surface area (TPSA) is 80.6 Å². The van der Waals surface area contributed by atoms with Crippen LogP contribution in [0.15, 0.2) is 53.6 Å². The number of hydrogen-bond acceptors (Lipinski definition) is 4. The number of nitrogens with zero attached hydrogens (tertiary/aromatic N) is 2. The number of likely N-dealkylation sites (N-methyl/N-ethyl adjacent to an activating group) is 1. The number of halogens is 1. The molecular formula is C26H32FN3O4. The molecule has 1 N–H and O–H groups in total. The normalized spacial score (nSPS) is 15.2. The van der Waals surface area contributed by atoms with Gasteiger partial charge in [-0.1, -0.05) is 24.3 Å². The first-order chi connectivity index (χ1) is 16.3. The number of aromatic nitrogens is 1. The van der Waals surface area contributed by atoms with Crippen LogP contribution in [0.2, 0.25) is 0 Å². The molecule has 1 fully saturated rings. The molecule has 0 radical (unpaired) electrons. The zero-order valence-corrected chi connectivity index (χ0v) is 19.8. The van der Waals surface area contributed by atoms with E-state index in [1.807, 2.05) is 13.8 Å². The smallest absolute Gasteiger partial charge is 0.259 e. The molecule has 1 atom stereocenters. The number of carbonyl (C=O) groups is 2. The number of nitrogens with one attached hydrogen (secondary N) is 1. The predicted octanol–water partition coefficient (Wildman–Crippen LogP) is 3.18. The molecule has 2 amide bonds. The molecule has 1 aliphatic heterocycles. The van der Waals surface area contributed by atoms with Gasteiger partial charge in [0.15, 0.2) is 0 Å². The van der Waals surface area contributed by atoms with Gasteiger partial charge in [-0.3, -0.25) is 14.4 Å². The minimum absolute atomic E-state index is 0.0351. The van der Waals surface area contributed by atoms with Gasteiger partial charge in [0, 0.05) is 45.2 Å². The second kappa shape index (κ2) is 11.7. The second-order valence-corrected chi connectivity index (χ2v) is 8.66. The fourth-order valence-electron chi connectivity index (χ4n) is 4.01. The molecule has 34 heavy (non-hydrogen) atoms. The summed E-state index contributed by atoms with van der Waals surface area (Å²) in [5.74, 6) is -1.35. The molecule has 2 heterocycles. The van der Waals surface area contributed by atoms with Crippen LogP contribution in [0, 0.1) is 5.82 Å².